The molecule has 0 bridgehead atoms. The predicted molar refractivity (Wildman–Crippen MR) is 132 cm³/mol. The molecular weight excluding hydrogens is 519 g/mol. The van der Waals surface area contributed by atoms with Crippen molar-refractivity contribution in [3.8, 4) is 11.5 Å². The molecule has 0 spiro atoms. The highest BCUT2D eigenvalue weighted by Gasteiger charge is 2.46. The number of benzene rings is 2. The van der Waals surface area contributed by atoms with E-state index in [1.165, 1.54) is 30.7 Å². The van der Waals surface area contributed by atoms with Crippen LogP contribution in [-0.2, 0) is 20.7 Å². The van der Waals surface area contributed by atoms with Gasteiger partial charge in [-0.25, -0.2) is 23.9 Å². The molecule has 11 nitrogen and oxygen atoms in total. The topological polar surface area (TPSA) is 136 Å². The Hall–Kier alpha value is -4.52. The molecule has 3 heterocycles. The number of carbonyl (C=O) groups is 4. The lowest BCUT2D eigenvalue weighted by Crippen LogP contribution is -2.49. The van der Waals surface area contributed by atoms with Crippen molar-refractivity contribution in [1.29, 1.82) is 0 Å². The van der Waals surface area contributed by atoms with Gasteiger partial charge >= 0.3 is 12.0 Å². The van der Waals surface area contributed by atoms with E-state index in [0.717, 1.165) is 16.2 Å². The van der Waals surface area contributed by atoms with Crippen molar-refractivity contribution >= 4 is 40.3 Å². The van der Waals surface area contributed by atoms with E-state index in [-0.39, 0.29) is 22.8 Å². The summed E-state index contributed by atoms with van der Waals surface area (Å²) in [5.74, 6) is -1.83. The molecule has 2 aliphatic heterocycles. The van der Waals surface area contributed by atoms with Gasteiger partial charge in [0.05, 0.1) is 7.11 Å². The van der Waals surface area contributed by atoms with Crippen molar-refractivity contribution in [1.82, 2.24) is 15.2 Å². The number of amides is 4. The monoisotopic (exact) mass is 540 g/mol. The minimum Gasteiger partial charge on any atom is -0.486 e. The summed E-state index contributed by atoms with van der Waals surface area (Å²) in [4.78, 5) is 56.5. The fraction of sp³-hybridized carbons (Fsp3) is 0.240. The number of aromatic nitrogens is 1. The van der Waals surface area contributed by atoms with Crippen LogP contribution >= 0.6 is 11.3 Å². The lowest BCUT2D eigenvalue weighted by atomic mass is 10.0. The van der Waals surface area contributed by atoms with E-state index in [4.69, 9.17) is 9.47 Å². The number of imide groups is 1. The van der Waals surface area contributed by atoms with E-state index in [9.17, 15) is 23.6 Å². The zero-order valence-corrected chi connectivity index (χ0v) is 20.7. The number of methoxy groups -OCH3 is 1. The van der Waals surface area contributed by atoms with Crippen molar-refractivity contribution in [3.05, 3.63) is 70.5 Å². The highest BCUT2D eigenvalue weighted by molar-refractivity contribution is 7.14. The number of nitrogens with zero attached hydrogens (tertiary/aromatic N) is 2. The Kier molecular flexibility index (Phi) is 6.92. The maximum Gasteiger partial charge on any atom is 0.357 e. The van der Waals surface area contributed by atoms with Crippen LogP contribution in [-0.4, -0.2) is 60.1 Å². The quantitative estimate of drug-likeness (QED) is 0.345. The molecule has 1 aromatic heterocycles. The first-order valence-electron chi connectivity index (χ1n) is 11.5. The molecule has 2 unspecified atom stereocenters. The minimum atomic E-state index is -1.42. The minimum absolute atomic E-state index is 0.0212. The zero-order chi connectivity index (χ0) is 26.8. The van der Waals surface area contributed by atoms with Crippen molar-refractivity contribution in [2.75, 3.05) is 25.6 Å². The van der Waals surface area contributed by atoms with Gasteiger partial charge in [-0.05, 0) is 29.3 Å². The van der Waals surface area contributed by atoms with Crippen LogP contribution in [0, 0.1) is 5.82 Å². The predicted octanol–water partition coefficient (Wildman–Crippen LogP) is 2.68. The van der Waals surface area contributed by atoms with E-state index < -0.39 is 41.7 Å². The van der Waals surface area contributed by atoms with E-state index >= 15 is 0 Å². The second kappa shape index (κ2) is 10.5. The van der Waals surface area contributed by atoms with Gasteiger partial charge < -0.3 is 24.8 Å². The molecule has 196 valence electrons. The highest BCUT2D eigenvalue weighted by Crippen LogP contribution is 2.35. The van der Waals surface area contributed by atoms with Gasteiger partial charge in [-0.2, -0.15) is 0 Å². The summed E-state index contributed by atoms with van der Waals surface area (Å²) >= 11 is 0.955. The van der Waals surface area contributed by atoms with Crippen molar-refractivity contribution < 1.29 is 37.8 Å². The number of anilines is 1. The van der Waals surface area contributed by atoms with Crippen LogP contribution < -0.4 is 20.1 Å². The van der Waals surface area contributed by atoms with Gasteiger partial charge in [0, 0.05) is 11.8 Å². The molecule has 3 aromatic rings. The molecule has 1 saturated heterocycles. The molecule has 38 heavy (non-hydrogen) atoms. The molecule has 5 rings (SSSR count). The average molecular weight is 541 g/mol. The number of halogens is 1. The molecule has 2 aromatic carbocycles. The summed E-state index contributed by atoms with van der Waals surface area (Å²) < 4.78 is 30.2. The van der Waals surface area contributed by atoms with Gasteiger partial charge in [0.25, 0.3) is 5.91 Å². The van der Waals surface area contributed by atoms with Crippen molar-refractivity contribution in [2.24, 2.45) is 0 Å². The van der Waals surface area contributed by atoms with Gasteiger partial charge in [-0.15, -0.1) is 11.3 Å². The Morgan fingerprint density at radius 3 is 2.74 bits per heavy atom. The van der Waals surface area contributed by atoms with Crippen LogP contribution in [0.15, 0.2) is 47.8 Å². The van der Waals surface area contributed by atoms with Gasteiger partial charge in [-0.3, -0.25) is 9.59 Å². The number of fused-ring (bicyclic) bond motifs is 1. The standard InChI is InChI=1S/C25H21FN4O7S/c1-35-23(33)16-12-38-24(27-16)29-21(31)17(10-13-4-2-3-5-15(13)26)30-22(32)20(28-25(30)34)14-6-7-18-19(11-14)37-9-8-36-18/h2-7,11-12,17,20H,8-10H2,1H3,(H,28,34)(H,27,29,31). The third-order valence-electron chi connectivity index (χ3n) is 5.98. The Balaban J connectivity index is 1.44. The largest absolute Gasteiger partial charge is 0.486 e. The number of ether oxygens (including phenoxy) is 3. The Morgan fingerprint density at radius 2 is 1.97 bits per heavy atom. The number of hydrogen-bond donors (Lipinski definition) is 2. The van der Waals surface area contributed by atoms with Crippen LogP contribution in [0.2, 0.25) is 0 Å². The highest BCUT2D eigenvalue weighted by atomic mass is 32.1. The summed E-state index contributed by atoms with van der Waals surface area (Å²) in [5.41, 5.74) is 0.542. The molecule has 13 heteroatoms. The van der Waals surface area contributed by atoms with Crippen LogP contribution in [0.1, 0.15) is 27.7 Å². The van der Waals surface area contributed by atoms with Gasteiger partial charge in [-0.1, -0.05) is 24.3 Å². The molecule has 0 aliphatic carbocycles. The van der Waals surface area contributed by atoms with Crippen molar-refractivity contribution in [3.63, 3.8) is 0 Å². The normalized spacial score (nSPS) is 17.1. The fourth-order valence-electron chi connectivity index (χ4n) is 4.15. The fourth-order valence-corrected chi connectivity index (χ4v) is 4.83. The summed E-state index contributed by atoms with van der Waals surface area (Å²) in [6.45, 7) is 0.735. The lowest BCUT2D eigenvalue weighted by Gasteiger charge is -2.24. The first-order chi connectivity index (χ1) is 18.4. The molecule has 2 aliphatic rings. The first-order valence-corrected chi connectivity index (χ1v) is 12.3. The maximum absolute atomic E-state index is 14.5. The number of esters is 1. The number of hydrogen-bond acceptors (Lipinski definition) is 9. The SMILES string of the molecule is COC(=O)c1csc(NC(=O)C(Cc2ccccc2F)N2C(=O)NC(c3ccc4c(c3)OCCO4)C2=O)n1. The number of thiazole rings is 1. The summed E-state index contributed by atoms with van der Waals surface area (Å²) in [7, 11) is 1.19. The molecule has 2 N–H and O–H groups in total. The lowest BCUT2D eigenvalue weighted by molar-refractivity contribution is -0.134. The molecule has 4 amide bonds. The zero-order valence-electron chi connectivity index (χ0n) is 19.9. The second-order valence-corrected chi connectivity index (χ2v) is 9.18. The molecule has 0 radical (unpaired) electrons. The third-order valence-corrected chi connectivity index (χ3v) is 6.74. The van der Waals surface area contributed by atoms with E-state index in [2.05, 4.69) is 20.4 Å². The maximum atomic E-state index is 14.5. The van der Waals surface area contributed by atoms with Crippen LogP contribution in [0.3, 0.4) is 0 Å². The van der Waals surface area contributed by atoms with Gasteiger partial charge in [0.2, 0.25) is 5.91 Å². The second-order valence-electron chi connectivity index (χ2n) is 8.32. The van der Waals surface area contributed by atoms with E-state index in [0.29, 0.717) is 30.3 Å². The first kappa shape index (κ1) is 25.1. The number of rotatable bonds is 7. The smallest absolute Gasteiger partial charge is 0.357 e. The van der Waals surface area contributed by atoms with E-state index in [1.807, 2.05) is 0 Å². The Bertz CT molecular complexity index is 1430. The van der Waals surface area contributed by atoms with Crippen LogP contribution in [0.5, 0.6) is 11.5 Å². The number of nitrogens with one attached hydrogen (secondary N) is 2. The summed E-state index contributed by atoms with van der Waals surface area (Å²) in [6, 6.07) is 7.27. The Morgan fingerprint density at radius 1 is 1.21 bits per heavy atom. The summed E-state index contributed by atoms with van der Waals surface area (Å²) in [6.07, 6.45) is -0.291. The molecule has 2 atom stereocenters. The number of carbonyl (C=O) groups excluding carboxylic acids is 4. The van der Waals surface area contributed by atoms with Gasteiger partial charge in [0.1, 0.15) is 31.1 Å². The molecule has 0 saturated carbocycles. The third kappa shape index (κ3) is 4.87. The van der Waals surface area contributed by atoms with Crippen LogP contribution in [0.4, 0.5) is 14.3 Å². The van der Waals surface area contributed by atoms with E-state index in [1.54, 1.807) is 24.3 Å². The van der Waals surface area contributed by atoms with Crippen LogP contribution in [0.25, 0.3) is 0 Å². The molecule has 1 fully saturated rings. The summed E-state index contributed by atoms with van der Waals surface area (Å²) in [5, 5.41) is 6.55. The number of urea groups is 1. The Labute approximate surface area is 219 Å². The average Bonchev–Trinajstić information content (AvgIpc) is 3.51. The van der Waals surface area contributed by atoms with Gasteiger partial charge in [0.15, 0.2) is 22.3 Å². The molecular formula is C25H21FN4O7S. The van der Waals surface area contributed by atoms with Crippen molar-refractivity contribution in [2.45, 2.75) is 18.5 Å².